The minimum absolute atomic E-state index is 0.305. The van der Waals surface area contributed by atoms with Gasteiger partial charge in [0.15, 0.2) is 0 Å². The van der Waals surface area contributed by atoms with E-state index >= 15 is 0 Å². The maximum atomic E-state index is 5.63. The van der Waals surface area contributed by atoms with E-state index in [0.717, 1.165) is 56.9 Å². The third-order valence-corrected chi connectivity index (χ3v) is 3.21. The molecule has 112 valence electrons. The molecule has 20 heavy (non-hydrogen) atoms. The summed E-state index contributed by atoms with van der Waals surface area (Å²) in [5, 5.41) is 3.35. The van der Waals surface area contributed by atoms with E-state index in [2.05, 4.69) is 29.1 Å². The highest BCUT2D eigenvalue weighted by atomic mass is 16.5. The number of aromatic nitrogens is 2. The summed E-state index contributed by atoms with van der Waals surface area (Å²) in [6.07, 6.45) is 5.47. The number of hydrogen-bond donors (Lipinski definition) is 1. The summed E-state index contributed by atoms with van der Waals surface area (Å²) in [6, 6.07) is 1.88. The van der Waals surface area contributed by atoms with E-state index in [0.29, 0.717) is 18.6 Å². The van der Waals surface area contributed by atoms with Gasteiger partial charge in [-0.1, -0.05) is 13.8 Å². The predicted octanol–water partition coefficient (Wildman–Crippen LogP) is 2.81. The second-order valence-electron chi connectivity index (χ2n) is 5.12. The minimum atomic E-state index is 0.305. The van der Waals surface area contributed by atoms with Crippen LogP contribution in [0.15, 0.2) is 6.07 Å². The van der Waals surface area contributed by atoms with Crippen molar-refractivity contribution in [3.8, 4) is 5.88 Å². The first kappa shape index (κ1) is 15.0. The molecule has 0 saturated carbocycles. The molecule has 1 aliphatic rings. The van der Waals surface area contributed by atoms with E-state index in [4.69, 9.17) is 9.47 Å². The van der Waals surface area contributed by atoms with Gasteiger partial charge in [0.2, 0.25) is 5.88 Å². The molecule has 1 fully saturated rings. The first-order chi connectivity index (χ1) is 9.81. The normalized spacial score (nSPS) is 18.2. The van der Waals surface area contributed by atoms with Gasteiger partial charge in [0.1, 0.15) is 11.6 Å². The van der Waals surface area contributed by atoms with Crippen LogP contribution in [0.2, 0.25) is 0 Å². The summed E-state index contributed by atoms with van der Waals surface area (Å²) < 4.78 is 11.2. The van der Waals surface area contributed by atoms with Gasteiger partial charge in [-0.15, -0.1) is 0 Å². The van der Waals surface area contributed by atoms with Crippen LogP contribution in [0.3, 0.4) is 0 Å². The van der Waals surface area contributed by atoms with Crippen molar-refractivity contribution in [2.24, 2.45) is 0 Å². The summed E-state index contributed by atoms with van der Waals surface area (Å²) in [4.78, 5) is 8.97. The Kier molecular flexibility index (Phi) is 6.05. The van der Waals surface area contributed by atoms with Crippen molar-refractivity contribution in [1.82, 2.24) is 9.97 Å². The van der Waals surface area contributed by atoms with Crippen molar-refractivity contribution in [2.75, 3.05) is 25.1 Å². The van der Waals surface area contributed by atoms with Gasteiger partial charge in [0, 0.05) is 25.6 Å². The Hall–Kier alpha value is -1.36. The zero-order valence-corrected chi connectivity index (χ0v) is 12.5. The van der Waals surface area contributed by atoms with Gasteiger partial charge in [0.25, 0.3) is 0 Å². The van der Waals surface area contributed by atoms with E-state index in [9.17, 15) is 0 Å². The molecule has 5 heteroatoms. The lowest BCUT2D eigenvalue weighted by Gasteiger charge is -2.13. The molecule has 0 aliphatic carbocycles. The molecule has 2 heterocycles. The van der Waals surface area contributed by atoms with Gasteiger partial charge >= 0.3 is 0 Å². The zero-order chi connectivity index (χ0) is 14.2. The van der Waals surface area contributed by atoms with Gasteiger partial charge in [-0.05, 0) is 25.7 Å². The minimum Gasteiger partial charge on any atom is -0.478 e. The van der Waals surface area contributed by atoms with Crippen LogP contribution in [0.1, 0.15) is 45.4 Å². The molecule has 1 unspecified atom stereocenters. The van der Waals surface area contributed by atoms with Crippen LogP contribution in [-0.4, -0.2) is 35.8 Å². The Balaban J connectivity index is 1.98. The maximum absolute atomic E-state index is 5.63. The van der Waals surface area contributed by atoms with E-state index in [1.165, 1.54) is 0 Å². The van der Waals surface area contributed by atoms with Gasteiger partial charge < -0.3 is 14.8 Å². The molecule has 1 aromatic heterocycles. The molecule has 0 radical (unpaired) electrons. The van der Waals surface area contributed by atoms with Crippen LogP contribution in [0.25, 0.3) is 0 Å². The van der Waals surface area contributed by atoms with Crippen LogP contribution in [0.5, 0.6) is 5.88 Å². The Labute approximate surface area is 121 Å². The third-order valence-electron chi connectivity index (χ3n) is 3.21. The second kappa shape index (κ2) is 8.04. The quantitative estimate of drug-likeness (QED) is 0.793. The molecule has 0 bridgehead atoms. The van der Waals surface area contributed by atoms with Crippen molar-refractivity contribution < 1.29 is 9.47 Å². The molecule has 0 amide bonds. The van der Waals surface area contributed by atoms with Crippen molar-refractivity contribution in [2.45, 2.75) is 52.1 Å². The average molecular weight is 279 g/mol. The van der Waals surface area contributed by atoms with Crippen LogP contribution in [-0.2, 0) is 11.2 Å². The van der Waals surface area contributed by atoms with E-state index < -0.39 is 0 Å². The number of hydrogen-bond acceptors (Lipinski definition) is 5. The van der Waals surface area contributed by atoms with E-state index in [-0.39, 0.29) is 0 Å². The van der Waals surface area contributed by atoms with Crippen LogP contribution in [0.4, 0.5) is 5.82 Å². The molecule has 1 atom stereocenters. The molecular weight excluding hydrogens is 254 g/mol. The second-order valence-corrected chi connectivity index (χ2v) is 5.12. The van der Waals surface area contributed by atoms with Gasteiger partial charge in [-0.2, -0.15) is 4.98 Å². The Morgan fingerprint density at radius 3 is 2.95 bits per heavy atom. The van der Waals surface area contributed by atoms with E-state index in [1.807, 2.05) is 6.07 Å². The lowest BCUT2D eigenvalue weighted by Crippen LogP contribution is -2.19. The number of nitrogens with zero attached hydrogens (tertiary/aromatic N) is 2. The third kappa shape index (κ3) is 4.63. The number of ether oxygens (including phenoxy) is 2. The number of rotatable bonds is 8. The Bertz CT molecular complexity index is 406. The van der Waals surface area contributed by atoms with Gasteiger partial charge in [0.05, 0.1) is 12.7 Å². The summed E-state index contributed by atoms with van der Waals surface area (Å²) in [6.45, 7) is 6.58. The van der Waals surface area contributed by atoms with Crippen molar-refractivity contribution in [3.05, 3.63) is 11.9 Å². The maximum Gasteiger partial charge on any atom is 0.218 e. The Morgan fingerprint density at radius 1 is 1.35 bits per heavy atom. The van der Waals surface area contributed by atoms with Crippen molar-refractivity contribution in [1.29, 1.82) is 0 Å². The molecule has 5 nitrogen and oxygen atoms in total. The highest BCUT2D eigenvalue weighted by Crippen LogP contribution is 2.17. The molecule has 0 spiro atoms. The highest BCUT2D eigenvalue weighted by Gasteiger charge is 2.15. The molecule has 1 aromatic rings. The number of anilines is 1. The summed E-state index contributed by atoms with van der Waals surface area (Å²) >= 11 is 0. The first-order valence-electron chi connectivity index (χ1n) is 7.68. The lowest BCUT2D eigenvalue weighted by atomic mass is 10.2. The zero-order valence-electron chi connectivity index (χ0n) is 12.5. The molecular formula is C15H25N3O2. The Morgan fingerprint density at radius 2 is 2.25 bits per heavy atom. The van der Waals surface area contributed by atoms with E-state index in [1.54, 1.807) is 0 Å². The summed E-state index contributed by atoms with van der Waals surface area (Å²) in [7, 11) is 0. The predicted molar refractivity (Wildman–Crippen MR) is 79.3 cm³/mol. The van der Waals surface area contributed by atoms with Crippen LogP contribution >= 0.6 is 0 Å². The topological polar surface area (TPSA) is 56.3 Å². The van der Waals surface area contributed by atoms with Gasteiger partial charge in [-0.25, -0.2) is 4.98 Å². The molecule has 2 rings (SSSR count). The first-order valence-corrected chi connectivity index (χ1v) is 7.68. The fourth-order valence-electron chi connectivity index (χ4n) is 2.20. The molecule has 1 N–H and O–H groups in total. The smallest absolute Gasteiger partial charge is 0.218 e. The number of nitrogens with one attached hydrogen (secondary N) is 1. The largest absolute Gasteiger partial charge is 0.478 e. The SMILES string of the molecule is CCCOc1cc(NCC2CCCO2)nc(CCC)n1. The van der Waals surface area contributed by atoms with Crippen molar-refractivity contribution in [3.63, 3.8) is 0 Å². The monoisotopic (exact) mass is 279 g/mol. The lowest BCUT2D eigenvalue weighted by molar-refractivity contribution is 0.120. The van der Waals surface area contributed by atoms with Gasteiger partial charge in [-0.3, -0.25) is 0 Å². The van der Waals surface area contributed by atoms with Crippen LogP contribution in [0, 0.1) is 0 Å². The summed E-state index contributed by atoms with van der Waals surface area (Å²) in [5.41, 5.74) is 0. The molecule has 0 aromatic carbocycles. The molecule has 1 aliphatic heterocycles. The van der Waals surface area contributed by atoms with Crippen LogP contribution < -0.4 is 10.1 Å². The average Bonchev–Trinajstić information content (AvgIpc) is 2.96. The standard InChI is InChI=1S/C15H25N3O2/c1-3-6-13-17-14(10-15(18-13)20-8-4-2)16-11-12-7-5-9-19-12/h10,12H,3-9,11H2,1-2H3,(H,16,17,18). The van der Waals surface area contributed by atoms with Crippen molar-refractivity contribution >= 4 is 5.82 Å². The molecule has 1 saturated heterocycles. The fourth-order valence-corrected chi connectivity index (χ4v) is 2.20. The summed E-state index contributed by atoms with van der Waals surface area (Å²) in [5.74, 6) is 2.35. The number of aryl methyl sites for hydroxylation is 1. The fraction of sp³-hybridized carbons (Fsp3) is 0.733. The highest BCUT2D eigenvalue weighted by molar-refractivity contribution is 5.38.